The van der Waals surface area contributed by atoms with Gasteiger partial charge in [-0.1, -0.05) is 37.5 Å². The van der Waals surface area contributed by atoms with Crippen LogP contribution in [0.25, 0.3) is 10.9 Å². The molecule has 2 fully saturated rings. The molecule has 2 aromatic rings. The molecule has 0 spiro atoms. The van der Waals surface area contributed by atoms with Crippen molar-refractivity contribution in [1.82, 2.24) is 14.8 Å². The van der Waals surface area contributed by atoms with E-state index in [1.807, 2.05) is 0 Å². The number of hydrogen-bond donors (Lipinski definition) is 2. The van der Waals surface area contributed by atoms with Crippen LogP contribution in [0.3, 0.4) is 0 Å². The lowest BCUT2D eigenvalue weighted by Gasteiger charge is -2.43. The van der Waals surface area contributed by atoms with Crippen LogP contribution in [0, 0.1) is 5.92 Å². The number of aromatic amines is 1. The Hall–Kier alpha value is -1.36. The Bertz CT molecular complexity index is 692. The number of aliphatic hydroxyl groups excluding tert-OH is 1. The van der Waals surface area contributed by atoms with Crippen molar-refractivity contribution >= 4 is 10.9 Å². The molecule has 0 bridgehead atoms. The molecule has 2 heterocycles. The van der Waals surface area contributed by atoms with Crippen LogP contribution in [0.1, 0.15) is 44.1 Å². The van der Waals surface area contributed by atoms with Gasteiger partial charge in [-0.3, -0.25) is 9.80 Å². The maximum atomic E-state index is 9.58. The lowest BCUT2D eigenvalue weighted by Crippen LogP contribution is -2.54. The quantitative estimate of drug-likeness (QED) is 0.832. The number of piperazine rings is 1. The summed E-state index contributed by atoms with van der Waals surface area (Å²) in [5, 5.41) is 10.9. The number of nitrogens with zero attached hydrogens (tertiary/aromatic N) is 2. The Labute approximate surface area is 157 Å². The van der Waals surface area contributed by atoms with Gasteiger partial charge in [0.2, 0.25) is 0 Å². The molecule has 26 heavy (non-hydrogen) atoms. The van der Waals surface area contributed by atoms with Crippen molar-refractivity contribution < 1.29 is 5.11 Å². The lowest BCUT2D eigenvalue weighted by atomic mass is 9.88. The van der Waals surface area contributed by atoms with Crippen LogP contribution < -0.4 is 0 Å². The molecule has 142 valence electrons. The number of aromatic nitrogens is 1. The predicted octanol–water partition coefficient (Wildman–Crippen LogP) is 3.62. The third-order valence-electron chi connectivity index (χ3n) is 6.44. The Balaban J connectivity index is 1.39. The number of aliphatic hydroxyl groups is 1. The van der Waals surface area contributed by atoms with Gasteiger partial charge in [0.25, 0.3) is 0 Å². The summed E-state index contributed by atoms with van der Waals surface area (Å²) in [5.41, 5.74) is 2.62. The van der Waals surface area contributed by atoms with Gasteiger partial charge in [-0.2, -0.15) is 0 Å². The van der Waals surface area contributed by atoms with Crippen LogP contribution in [-0.2, 0) is 6.54 Å². The second kappa shape index (κ2) is 8.55. The third-order valence-corrected chi connectivity index (χ3v) is 6.44. The molecule has 0 amide bonds. The normalized spacial score (nSPS) is 23.7. The molecule has 1 aromatic heterocycles. The van der Waals surface area contributed by atoms with E-state index < -0.39 is 0 Å². The van der Waals surface area contributed by atoms with Crippen LogP contribution in [0.15, 0.2) is 30.5 Å². The van der Waals surface area contributed by atoms with E-state index in [9.17, 15) is 5.11 Å². The summed E-state index contributed by atoms with van der Waals surface area (Å²) in [6, 6.07) is 9.07. The molecule has 2 aliphatic rings. The highest BCUT2D eigenvalue weighted by Gasteiger charge is 2.29. The number of rotatable bonds is 6. The first-order valence-electron chi connectivity index (χ1n) is 10.5. The van der Waals surface area contributed by atoms with Gasteiger partial charge in [0.05, 0.1) is 0 Å². The highest BCUT2D eigenvalue weighted by Crippen LogP contribution is 2.27. The molecule has 1 aliphatic heterocycles. The minimum Gasteiger partial charge on any atom is -0.396 e. The largest absolute Gasteiger partial charge is 0.396 e. The summed E-state index contributed by atoms with van der Waals surface area (Å²) in [5.74, 6) is 0.880. The topological polar surface area (TPSA) is 42.5 Å². The van der Waals surface area contributed by atoms with E-state index in [0.717, 1.165) is 38.5 Å². The molecular formula is C22H33N3O. The van der Waals surface area contributed by atoms with Crippen molar-refractivity contribution in [2.24, 2.45) is 5.92 Å². The second-order valence-electron chi connectivity index (χ2n) is 8.26. The first-order chi connectivity index (χ1) is 12.8. The highest BCUT2D eigenvalue weighted by molar-refractivity contribution is 5.82. The second-order valence-corrected chi connectivity index (χ2v) is 8.26. The minimum absolute atomic E-state index is 0.298. The van der Waals surface area contributed by atoms with E-state index >= 15 is 0 Å². The average Bonchev–Trinajstić information content (AvgIpc) is 3.08. The molecule has 4 heteroatoms. The maximum Gasteiger partial charge on any atom is 0.0457 e. The summed E-state index contributed by atoms with van der Waals surface area (Å²) < 4.78 is 0. The monoisotopic (exact) mass is 355 g/mol. The Morgan fingerprint density at radius 3 is 2.77 bits per heavy atom. The van der Waals surface area contributed by atoms with Crippen molar-refractivity contribution in [3.8, 4) is 0 Å². The predicted molar refractivity (Wildman–Crippen MR) is 107 cm³/mol. The standard InChI is InChI=1S/C22H33N3O/c26-13-10-20-17-24(11-12-25(20)15-18-6-2-1-3-7-18)16-19-14-23-22-9-5-4-8-21(19)22/h4-5,8-9,14,18,20,23,26H,1-3,6-7,10-13,15-17H2. The first kappa shape index (κ1) is 18.0. The Morgan fingerprint density at radius 2 is 1.92 bits per heavy atom. The summed E-state index contributed by atoms with van der Waals surface area (Å²) in [6.07, 6.45) is 10.1. The zero-order valence-electron chi connectivity index (χ0n) is 15.9. The number of para-hydroxylation sites is 1. The fourth-order valence-corrected chi connectivity index (χ4v) is 4.97. The highest BCUT2D eigenvalue weighted by atomic mass is 16.3. The van der Waals surface area contributed by atoms with Gasteiger partial charge < -0.3 is 10.1 Å². The van der Waals surface area contributed by atoms with Gasteiger partial charge in [0.15, 0.2) is 0 Å². The minimum atomic E-state index is 0.298. The number of nitrogens with one attached hydrogen (secondary N) is 1. The van der Waals surface area contributed by atoms with E-state index in [-0.39, 0.29) is 0 Å². The third kappa shape index (κ3) is 4.13. The molecule has 1 unspecified atom stereocenters. The zero-order valence-corrected chi connectivity index (χ0v) is 15.9. The van der Waals surface area contributed by atoms with E-state index in [1.165, 1.54) is 55.1 Å². The smallest absolute Gasteiger partial charge is 0.0457 e. The summed E-state index contributed by atoms with van der Waals surface area (Å²) in [7, 11) is 0. The van der Waals surface area contributed by atoms with Crippen molar-refractivity contribution in [3.05, 3.63) is 36.0 Å². The first-order valence-corrected chi connectivity index (χ1v) is 10.5. The van der Waals surface area contributed by atoms with Crippen LogP contribution in [0.5, 0.6) is 0 Å². The van der Waals surface area contributed by atoms with Crippen LogP contribution >= 0.6 is 0 Å². The molecule has 1 aromatic carbocycles. The van der Waals surface area contributed by atoms with Crippen molar-refractivity contribution in [3.63, 3.8) is 0 Å². The van der Waals surface area contributed by atoms with Gasteiger partial charge >= 0.3 is 0 Å². The van der Waals surface area contributed by atoms with Crippen molar-refractivity contribution in [2.75, 3.05) is 32.8 Å². The number of benzene rings is 1. The van der Waals surface area contributed by atoms with Crippen LogP contribution in [0.2, 0.25) is 0 Å². The van der Waals surface area contributed by atoms with Gasteiger partial charge in [-0.05, 0) is 36.8 Å². The molecule has 1 saturated carbocycles. The summed E-state index contributed by atoms with van der Waals surface area (Å²) in [4.78, 5) is 8.66. The van der Waals surface area contributed by atoms with Gasteiger partial charge in [0, 0.05) is 62.5 Å². The molecule has 1 aliphatic carbocycles. The Kier molecular flexibility index (Phi) is 5.93. The molecule has 1 saturated heterocycles. The van der Waals surface area contributed by atoms with Gasteiger partial charge in [-0.25, -0.2) is 0 Å². The number of H-pyrrole nitrogens is 1. The van der Waals surface area contributed by atoms with E-state index in [2.05, 4.69) is 45.2 Å². The van der Waals surface area contributed by atoms with Crippen molar-refractivity contribution in [1.29, 1.82) is 0 Å². The molecule has 1 atom stereocenters. The van der Waals surface area contributed by atoms with Gasteiger partial charge in [-0.15, -0.1) is 0 Å². The lowest BCUT2D eigenvalue weighted by molar-refractivity contribution is 0.0402. The molecule has 4 rings (SSSR count). The Morgan fingerprint density at radius 1 is 1.08 bits per heavy atom. The molecule has 2 N–H and O–H groups in total. The fourth-order valence-electron chi connectivity index (χ4n) is 4.97. The molecule has 4 nitrogen and oxygen atoms in total. The number of fused-ring (bicyclic) bond motifs is 1. The van der Waals surface area contributed by atoms with E-state index in [0.29, 0.717) is 12.6 Å². The van der Waals surface area contributed by atoms with Crippen LogP contribution in [-0.4, -0.2) is 58.7 Å². The molecular weight excluding hydrogens is 322 g/mol. The zero-order chi connectivity index (χ0) is 17.8. The molecule has 0 radical (unpaired) electrons. The summed E-state index contributed by atoms with van der Waals surface area (Å²) >= 11 is 0. The van der Waals surface area contributed by atoms with E-state index in [4.69, 9.17) is 0 Å². The van der Waals surface area contributed by atoms with Crippen molar-refractivity contribution in [2.45, 2.75) is 51.1 Å². The van der Waals surface area contributed by atoms with Gasteiger partial charge in [0.1, 0.15) is 0 Å². The van der Waals surface area contributed by atoms with Crippen LogP contribution in [0.4, 0.5) is 0 Å². The maximum absolute atomic E-state index is 9.58. The average molecular weight is 356 g/mol. The van der Waals surface area contributed by atoms with E-state index in [1.54, 1.807) is 0 Å². The fraction of sp³-hybridized carbons (Fsp3) is 0.636. The number of hydrogen-bond acceptors (Lipinski definition) is 3. The SMILES string of the molecule is OCCC1CN(Cc2c[nH]c3ccccc23)CCN1CC1CCCCC1. The summed E-state index contributed by atoms with van der Waals surface area (Å²) in [6.45, 7) is 5.89.